The van der Waals surface area contributed by atoms with E-state index in [1.54, 1.807) is 0 Å². The van der Waals surface area contributed by atoms with Crippen LogP contribution in [0.1, 0.15) is 30.7 Å². The molecule has 0 unspecified atom stereocenters. The summed E-state index contributed by atoms with van der Waals surface area (Å²) in [5, 5.41) is 14.9. The smallest absolute Gasteiger partial charge is 0.162 e. The van der Waals surface area contributed by atoms with Crippen LogP contribution in [-0.2, 0) is 0 Å². The molecule has 0 spiro atoms. The number of pyridine rings is 2. The lowest BCUT2D eigenvalue weighted by molar-refractivity contribution is 0.578. The van der Waals surface area contributed by atoms with Crippen LogP contribution in [0.5, 0.6) is 0 Å². The Kier molecular flexibility index (Phi) is 10.4. The lowest BCUT2D eigenvalue weighted by Crippen LogP contribution is -2.43. The minimum atomic E-state index is 0.849. The summed E-state index contributed by atoms with van der Waals surface area (Å²) in [6.07, 6.45) is 15.8. The summed E-state index contributed by atoms with van der Waals surface area (Å²) in [6, 6.07) is 38.3. The van der Waals surface area contributed by atoms with Crippen molar-refractivity contribution >= 4 is 44.5 Å². The topological polar surface area (TPSA) is 105 Å². The zero-order valence-corrected chi connectivity index (χ0v) is 36.2. The summed E-state index contributed by atoms with van der Waals surface area (Å²) in [5.41, 5.74) is 16.9. The van der Waals surface area contributed by atoms with Gasteiger partial charge >= 0.3 is 0 Å². The van der Waals surface area contributed by atoms with Gasteiger partial charge in [0.1, 0.15) is 0 Å². The predicted octanol–water partition coefficient (Wildman–Crippen LogP) is 10.2. The Labute approximate surface area is 372 Å². The first-order valence-corrected chi connectivity index (χ1v) is 22.3. The molecule has 0 radical (unpaired) electrons. The van der Waals surface area contributed by atoms with Gasteiger partial charge in [-0.1, -0.05) is 60.7 Å². The number of hydrogen-bond acceptors (Lipinski definition) is 9. The van der Waals surface area contributed by atoms with Crippen molar-refractivity contribution in [2.24, 2.45) is 0 Å². The van der Waals surface area contributed by atoms with Crippen molar-refractivity contribution in [3.05, 3.63) is 158 Å². The normalized spacial score (nSPS) is 14.3. The number of benzene rings is 4. The molecule has 0 saturated carbocycles. The summed E-state index contributed by atoms with van der Waals surface area (Å²) in [7, 11) is 0. The molecule has 2 fully saturated rings. The van der Waals surface area contributed by atoms with Crippen molar-refractivity contribution in [1.82, 2.24) is 44.5 Å². The minimum absolute atomic E-state index is 0.849. The van der Waals surface area contributed by atoms with Crippen LogP contribution in [0.2, 0.25) is 0 Å². The number of hydrogen-bond donors (Lipinski definition) is 1. The van der Waals surface area contributed by atoms with Gasteiger partial charge in [-0.05, 0) is 104 Å². The van der Waals surface area contributed by atoms with E-state index in [9.17, 15) is 0 Å². The van der Waals surface area contributed by atoms with Crippen molar-refractivity contribution in [1.29, 1.82) is 0 Å². The average Bonchev–Trinajstić information content (AvgIpc) is 3.98. The van der Waals surface area contributed by atoms with Crippen LogP contribution in [0.25, 0.3) is 77.6 Å². The predicted molar refractivity (Wildman–Crippen MR) is 259 cm³/mol. The molecule has 0 atom stereocenters. The number of para-hydroxylation sites is 2. The van der Waals surface area contributed by atoms with Crippen LogP contribution in [0.4, 0.5) is 11.4 Å². The van der Waals surface area contributed by atoms with Crippen LogP contribution < -0.4 is 15.1 Å². The molecular formula is C53H49N11. The van der Waals surface area contributed by atoms with E-state index in [0.717, 1.165) is 128 Å². The fourth-order valence-corrected chi connectivity index (χ4v) is 9.29. The van der Waals surface area contributed by atoms with Crippen LogP contribution in [0, 0.1) is 13.8 Å². The molecule has 4 aromatic carbocycles. The highest BCUT2D eigenvalue weighted by atomic mass is 15.2. The molecule has 0 aliphatic carbocycles. The van der Waals surface area contributed by atoms with Crippen molar-refractivity contribution in [2.45, 2.75) is 33.1 Å². The third-order valence-electron chi connectivity index (χ3n) is 12.6. The number of nitrogens with zero attached hydrogens (tertiary/aromatic N) is 10. The van der Waals surface area contributed by atoms with Crippen molar-refractivity contribution in [2.75, 3.05) is 49.1 Å². The number of aryl methyl sites for hydroxylation is 2. The zero-order chi connectivity index (χ0) is 43.0. The summed E-state index contributed by atoms with van der Waals surface area (Å²) in [4.78, 5) is 23.9. The van der Waals surface area contributed by atoms with Gasteiger partial charge in [-0.3, -0.25) is 9.97 Å². The average molecular weight is 840 g/mol. The van der Waals surface area contributed by atoms with E-state index < -0.39 is 0 Å². The van der Waals surface area contributed by atoms with Gasteiger partial charge < -0.3 is 15.1 Å². The van der Waals surface area contributed by atoms with E-state index in [4.69, 9.17) is 9.97 Å². The second kappa shape index (κ2) is 17.0. The highest BCUT2D eigenvalue weighted by Crippen LogP contribution is 2.34. The summed E-state index contributed by atoms with van der Waals surface area (Å²) >= 11 is 0. The first kappa shape index (κ1) is 39.4. The third-order valence-corrected chi connectivity index (χ3v) is 12.6. The number of fused-ring (bicyclic) bond motifs is 4. The number of rotatable bonds is 6. The third kappa shape index (κ3) is 7.68. The van der Waals surface area contributed by atoms with E-state index in [2.05, 4.69) is 127 Å². The van der Waals surface area contributed by atoms with Crippen LogP contribution in [0.3, 0.4) is 0 Å². The van der Waals surface area contributed by atoms with Crippen molar-refractivity contribution in [3.8, 4) is 44.5 Å². The molecule has 316 valence electrons. The Morgan fingerprint density at radius 1 is 0.453 bits per heavy atom. The van der Waals surface area contributed by atoms with Gasteiger partial charge in [0.15, 0.2) is 11.3 Å². The minimum Gasteiger partial charge on any atom is -0.372 e. The Bertz CT molecular complexity index is 3050. The van der Waals surface area contributed by atoms with E-state index in [-0.39, 0.29) is 0 Å². The number of aromatic nitrogens is 8. The number of piperidine rings is 1. The molecule has 11 nitrogen and oxygen atoms in total. The number of piperazine rings is 1. The SMILES string of the molecule is Cc1cc(-c2cnn3cc(-c4ccc(N5CCCCC5)cc4)cnc23)c2ccccc2n1.Cc1cc(-c2cnn3cc(-c4ccc(N5CCNCC5)cc4)cnc23)c2ccccc2n1. The van der Waals surface area contributed by atoms with Gasteiger partial charge in [-0.2, -0.15) is 10.2 Å². The summed E-state index contributed by atoms with van der Waals surface area (Å²) in [5.74, 6) is 0. The second-order valence-corrected chi connectivity index (χ2v) is 16.9. The highest BCUT2D eigenvalue weighted by Gasteiger charge is 2.17. The molecular weight excluding hydrogens is 791 g/mol. The fourth-order valence-electron chi connectivity index (χ4n) is 9.29. The summed E-state index contributed by atoms with van der Waals surface area (Å²) in [6.45, 7) is 10.5. The Morgan fingerprint density at radius 3 is 1.39 bits per heavy atom. The molecule has 0 amide bonds. The maximum absolute atomic E-state index is 4.81. The van der Waals surface area contributed by atoms with Gasteiger partial charge in [-0.25, -0.2) is 19.0 Å². The molecule has 2 aliphatic rings. The van der Waals surface area contributed by atoms with Crippen LogP contribution in [0.15, 0.2) is 146 Å². The standard InChI is InChI=1S/C27H25N5.C26H24N6/c1-19-15-24(23-7-3-4-8-26(23)30-19)25-17-29-32-18-21(16-28-27(25)32)20-9-11-22(12-10-20)31-13-5-2-6-14-31;1-18-14-23(22-4-2-3-5-25(22)30-18)24-16-29-32-17-20(15-28-26(24)32)19-6-8-21(9-7-19)31-12-10-27-11-13-31/h3-4,7-12,15-18H,2,5-6,13-14H2,1H3;2-9,14-17,27H,10-13H2,1H3. The first-order chi connectivity index (χ1) is 31.5. The Morgan fingerprint density at radius 2 is 0.906 bits per heavy atom. The van der Waals surface area contributed by atoms with Gasteiger partial charge in [-0.15, -0.1) is 0 Å². The largest absolute Gasteiger partial charge is 0.372 e. The highest BCUT2D eigenvalue weighted by molar-refractivity contribution is 5.99. The molecule has 0 bridgehead atoms. The molecule has 64 heavy (non-hydrogen) atoms. The molecule has 6 aromatic heterocycles. The quantitative estimate of drug-likeness (QED) is 0.175. The Hall–Kier alpha value is -7.50. The number of anilines is 2. The molecule has 11 heteroatoms. The summed E-state index contributed by atoms with van der Waals surface area (Å²) < 4.78 is 3.76. The van der Waals surface area contributed by atoms with Crippen LogP contribution >= 0.6 is 0 Å². The van der Waals surface area contributed by atoms with Gasteiger partial charge in [0.05, 0.1) is 23.4 Å². The van der Waals surface area contributed by atoms with Gasteiger partial charge in [0.25, 0.3) is 0 Å². The lowest BCUT2D eigenvalue weighted by atomic mass is 10.0. The molecule has 12 rings (SSSR count). The van der Waals surface area contributed by atoms with Gasteiger partial charge in [0, 0.05) is 120 Å². The van der Waals surface area contributed by atoms with Crippen molar-refractivity contribution < 1.29 is 0 Å². The molecule has 2 saturated heterocycles. The molecule has 8 heterocycles. The maximum atomic E-state index is 4.81. The Balaban J connectivity index is 0.000000143. The van der Waals surface area contributed by atoms with E-state index in [1.165, 1.54) is 30.6 Å². The fraction of sp³-hybridized carbons (Fsp3) is 0.208. The van der Waals surface area contributed by atoms with E-state index >= 15 is 0 Å². The first-order valence-electron chi connectivity index (χ1n) is 22.3. The second-order valence-electron chi connectivity index (χ2n) is 16.9. The lowest BCUT2D eigenvalue weighted by Gasteiger charge is -2.29. The van der Waals surface area contributed by atoms with E-state index in [1.807, 2.05) is 78.0 Å². The van der Waals surface area contributed by atoms with Gasteiger partial charge in [0.2, 0.25) is 0 Å². The molecule has 1 N–H and O–H groups in total. The van der Waals surface area contributed by atoms with Crippen molar-refractivity contribution in [3.63, 3.8) is 0 Å². The van der Waals surface area contributed by atoms with E-state index in [0.29, 0.717) is 0 Å². The zero-order valence-electron chi connectivity index (χ0n) is 36.2. The maximum Gasteiger partial charge on any atom is 0.162 e. The molecule has 10 aromatic rings. The molecule has 2 aliphatic heterocycles. The monoisotopic (exact) mass is 839 g/mol. The number of nitrogens with one attached hydrogen (secondary N) is 1. The van der Waals surface area contributed by atoms with Crippen LogP contribution in [-0.4, -0.2) is 78.4 Å².